The molecule has 0 aromatic heterocycles. The number of carbonyl (C=O) groups excluding carboxylic acids is 1. The van der Waals surface area contributed by atoms with Gasteiger partial charge in [-0.15, -0.1) is 0 Å². The zero-order chi connectivity index (χ0) is 13.3. The molecule has 0 unspecified atom stereocenters. The molecular weight excluding hydrogens is 376 g/mol. The maximum Gasteiger partial charge on any atom is 0.534 e. The van der Waals surface area contributed by atoms with E-state index < -0.39 is 21.4 Å². The molecule has 17 heavy (non-hydrogen) atoms. The van der Waals surface area contributed by atoms with Crippen LogP contribution in [0.25, 0.3) is 0 Å². The first-order valence-corrected chi connectivity index (χ1v) is 6.41. The Morgan fingerprint density at radius 2 is 1.88 bits per heavy atom. The number of hydrogen-bond donors (Lipinski definition) is 0. The molecule has 0 N–H and O–H groups in total. The van der Waals surface area contributed by atoms with Gasteiger partial charge in [0.2, 0.25) is 0 Å². The Kier molecular flexibility index (Phi) is 4.02. The zero-order valence-electron chi connectivity index (χ0n) is 7.86. The van der Waals surface area contributed by atoms with Gasteiger partial charge in [-0.3, -0.25) is 4.79 Å². The largest absolute Gasteiger partial charge is 0.534 e. The van der Waals surface area contributed by atoms with Crippen molar-refractivity contribution >= 4 is 39.0 Å². The van der Waals surface area contributed by atoms with Gasteiger partial charge in [0.05, 0.1) is 5.56 Å². The Hall–Kier alpha value is -0.840. The van der Waals surface area contributed by atoms with Crippen molar-refractivity contribution < 1.29 is 30.6 Å². The summed E-state index contributed by atoms with van der Waals surface area (Å²) in [6.07, 6.45) is 0.212. The molecule has 0 aliphatic heterocycles. The highest BCUT2D eigenvalue weighted by molar-refractivity contribution is 14.1. The predicted molar refractivity (Wildman–Crippen MR) is 60.1 cm³/mol. The van der Waals surface area contributed by atoms with E-state index in [0.29, 0.717) is 3.57 Å². The minimum absolute atomic E-state index is 0.212. The lowest BCUT2D eigenvalue weighted by Gasteiger charge is -2.10. The molecule has 0 atom stereocenters. The summed E-state index contributed by atoms with van der Waals surface area (Å²) in [6.45, 7) is 0. The molecule has 0 radical (unpaired) electrons. The second kappa shape index (κ2) is 4.80. The second-order valence-electron chi connectivity index (χ2n) is 2.78. The molecule has 1 aromatic carbocycles. The van der Waals surface area contributed by atoms with Crippen LogP contribution in [0.3, 0.4) is 0 Å². The van der Waals surface area contributed by atoms with Gasteiger partial charge < -0.3 is 4.18 Å². The number of carbonyl (C=O) groups is 1. The number of halogens is 4. The minimum Gasteiger partial charge on any atom is -0.375 e. The van der Waals surface area contributed by atoms with Crippen LogP contribution in [0.4, 0.5) is 13.2 Å². The third-order valence-corrected chi connectivity index (χ3v) is 3.22. The summed E-state index contributed by atoms with van der Waals surface area (Å²) < 4.78 is 61.9. The van der Waals surface area contributed by atoms with Crippen molar-refractivity contribution in [3.63, 3.8) is 0 Å². The molecule has 4 nitrogen and oxygen atoms in total. The molecule has 0 aliphatic carbocycles. The summed E-state index contributed by atoms with van der Waals surface area (Å²) in [5, 5.41) is 0. The van der Waals surface area contributed by atoms with E-state index in [1.807, 2.05) is 22.6 Å². The highest BCUT2D eigenvalue weighted by Gasteiger charge is 2.48. The number of alkyl halides is 3. The Bertz CT molecular complexity index is 538. The molecule has 1 rings (SSSR count). The number of benzene rings is 1. The molecular formula is C8H4F3IO4S. The average molecular weight is 380 g/mol. The summed E-state index contributed by atoms with van der Waals surface area (Å²) in [7, 11) is -5.76. The van der Waals surface area contributed by atoms with Crippen LogP contribution in [0.15, 0.2) is 18.2 Å². The summed E-state index contributed by atoms with van der Waals surface area (Å²) in [6, 6.07) is 3.50. The van der Waals surface area contributed by atoms with Crippen LogP contribution in [0, 0.1) is 3.57 Å². The Morgan fingerprint density at radius 3 is 2.35 bits per heavy atom. The van der Waals surface area contributed by atoms with Crippen molar-refractivity contribution in [2.45, 2.75) is 5.51 Å². The van der Waals surface area contributed by atoms with Crippen molar-refractivity contribution in [2.75, 3.05) is 0 Å². The number of aldehydes is 1. The fourth-order valence-electron chi connectivity index (χ4n) is 0.853. The lowest BCUT2D eigenvalue weighted by atomic mass is 10.2. The van der Waals surface area contributed by atoms with E-state index in [1.165, 1.54) is 12.1 Å². The van der Waals surface area contributed by atoms with E-state index in [-0.39, 0.29) is 11.8 Å². The second-order valence-corrected chi connectivity index (χ2v) is 5.57. The normalized spacial score (nSPS) is 12.2. The Balaban J connectivity index is 3.17. The first kappa shape index (κ1) is 14.2. The number of rotatable bonds is 3. The van der Waals surface area contributed by atoms with E-state index >= 15 is 0 Å². The average Bonchev–Trinajstić information content (AvgIpc) is 2.18. The van der Waals surface area contributed by atoms with Crippen LogP contribution in [-0.4, -0.2) is 20.2 Å². The van der Waals surface area contributed by atoms with Crippen molar-refractivity contribution in [3.05, 3.63) is 27.3 Å². The zero-order valence-corrected chi connectivity index (χ0v) is 10.8. The van der Waals surface area contributed by atoms with Gasteiger partial charge in [-0.1, -0.05) is 0 Å². The van der Waals surface area contributed by atoms with Crippen molar-refractivity contribution in [1.29, 1.82) is 0 Å². The van der Waals surface area contributed by atoms with Gasteiger partial charge in [-0.25, -0.2) is 0 Å². The molecule has 0 saturated carbocycles. The van der Waals surface area contributed by atoms with Crippen LogP contribution in [0.1, 0.15) is 10.4 Å². The molecule has 94 valence electrons. The maximum absolute atomic E-state index is 12.0. The quantitative estimate of drug-likeness (QED) is 0.350. The molecule has 0 bridgehead atoms. The lowest BCUT2D eigenvalue weighted by molar-refractivity contribution is -0.0500. The van der Waals surface area contributed by atoms with E-state index in [4.69, 9.17) is 0 Å². The van der Waals surface area contributed by atoms with Gasteiger partial charge in [0.1, 0.15) is 0 Å². The van der Waals surface area contributed by atoms with Gasteiger partial charge in [-0.05, 0) is 40.8 Å². The summed E-state index contributed by atoms with van der Waals surface area (Å²) in [4.78, 5) is 10.6. The van der Waals surface area contributed by atoms with Crippen LogP contribution < -0.4 is 4.18 Å². The fraction of sp³-hybridized carbons (Fsp3) is 0.125. The van der Waals surface area contributed by atoms with Gasteiger partial charge in [-0.2, -0.15) is 21.6 Å². The minimum atomic E-state index is -5.76. The lowest BCUT2D eigenvalue weighted by Crippen LogP contribution is -2.28. The summed E-state index contributed by atoms with van der Waals surface area (Å²) >= 11 is 1.81. The molecule has 0 amide bonds. The number of hydrogen-bond acceptors (Lipinski definition) is 4. The summed E-state index contributed by atoms with van der Waals surface area (Å²) in [5.41, 5.74) is -5.80. The monoisotopic (exact) mass is 380 g/mol. The first-order valence-electron chi connectivity index (χ1n) is 3.93. The molecule has 0 saturated heterocycles. The topological polar surface area (TPSA) is 60.4 Å². The first-order chi connectivity index (χ1) is 7.67. The fourth-order valence-corrected chi connectivity index (χ4v) is 1.85. The van der Waals surface area contributed by atoms with Gasteiger partial charge >= 0.3 is 15.6 Å². The Labute approximate surface area is 108 Å². The van der Waals surface area contributed by atoms with Crippen LogP contribution >= 0.6 is 22.6 Å². The molecule has 0 fully saturated rings. The van der Waals surface area contributed by atoms with E-state index in [1.54, 1.807) is 0 Å². The van der Waals surface area contributed by atoms with Gasteiger partial charge in [0, 0.05) is 3.57 Å². The Morgan fingerprint density at radius 1 is 1.29 bits per heavy atom. The SMILES string of the molecule is O=Cc1cc(I)ccc1OS(=O)(=O)C(F)(F)F. The van der Waals surface area contributed by atoms with E-state index in [2.05, 4.69) is 4.18 Å². The van der Waals surface area contributed by atoms with Crippen molar-refractivity contribution in [2.24, 2.45) is 0 Å². The molecule has 0 spiro atoms. The summed E-state index contributed by atoms with van der Waals surface area (Å²) in [5.74, 6) is -0.655. The smallest absolute Gasteiger partial charge is 0.375 e. The van der Waals surface area contributed by atoms with Crippen LogP contribution in [0.2, 0.25) is 0 Å². The van der Waals surface area contributed by atoms with Crippen LogP contribution in [0.5, 0.6) is 5.75 Å². The molecule has 9 heteroatoms. The molecule has 0 aliphatic rings. The van der Waals surface area contributed by atoms with Crippen molar-refractivity contribution in [1.82, 2.24) is 0 Å². The third kappa shape index (κ3) is 3.31. The highest BCUT2D eigenvalue weighted by Crippen LogP contribution is 2.29. The van der Waals surface area contributed by atoms with Crippen molar-refractivity contribution in [3.8, 4) is 5.75 Å². The molecule has 1 aromatic rings. The third-order valence-electron chi connectivity index (χ3n) is 1.58. The van der Waals surface area contributed by atoms with Crippen LogP contribution in [-0.2, 0) is 10.1 Å². The van der Waals surface area contributed by atoms with E-state index in [9.17, 15) is 26.4 Å². The predicted octanol–water partition coefficient (Wildman–Crippen LogP) is 2.33. The highest BCUT2D eigenvalue weighted by atomic mass is 127. The maximum atomic E-state index is 12.0. The van der Waals surface area contributed by atoms with E-state index in [0.717, 1.165) is 6.07 Å². The van der Waals surface area contributed by atoms with Gasteiger partial charge in [0.15, 0.2) is 12.0 Å². The standard InChI is InChI=1S/C8H4F3IO4S/c9-8(10,11)17(14,15)16-7-2-1-6(12)3-5(7)4-13/h1-4H. The molecule has 0 heterocycles. The van der Waals surface area contributed by atoms with Gasteiger partial charge in [0.25, 0.3) is 0 Å².